The number of carbonyl (C=O) groups excluding carboxylic acids is 1. The maximum atomic E-state index is 11.9. The molecule has 111 valence electrons. The predicted molar refractivity (Wildman–Crippen MR) is 89.1 cm³/mol. The molecule has 3 nitrogen and oxygen atoms in total. The van der Waals surface area contributed by atoms with Crippen molar-refractivity contribution in [2.45, 2.75) is 26.3 Å². The Balaban J connectivity index is 0.00000361. The van der Waals surface area contributed by atoms with Gasteiger partial charge < -0.3 is 0 Å². The first-order valence-corrected chi connectivity index (χ1v) is 9.78. The second kappa shape index (κ2) is 9.49. The second-order valence-corrected chi connectivity index (χ2v) is 7.38. The Hall–Kier alpha value is 0.484. The Morgan fingerprint density at radius 1 is 1.30 bits per heavy atom. The van der Waals surface area contributed by atoms with Crippen molar-refractivity contribution in [1.82, 2.24) is 4.90 Å². The fourth-order valence-corrected chi connectivity index (χ4v) is 4.02. The monoisotopic (exact) mass is 466 g/mol. The number of methoxy groups -OCH3 is 1. The molecule has 1 aromatic rings. The average Bonchev–Trinajstić information content (AvgIpc) is 2.38. The molecule has 0 fully saturated rings. The molecule has 0 saturated heterocycles. The Morgan fingerprint density at radius 2 is 1.85 bits per heavy atom. The molecule has 0 aliphatic heterocycles. The molecule has 0 aliphatic carbocycles. The van der Waals surface area contributed by atoms with Gasteiger partial charge in [-0.2, -0.15) is 0 Å². The van der Waals surface area contributed by atoms with E-state index in [-0.39, 0.29) is 65.9 Å². The first-order valence-electron chi connectivity index (χ1n) is 6.29. The summed E-state index contributed by atoms with van der Waals surface area (Å²) < 4.78 is 6.35. The van der Waals surface area contributed by atoms with Crippen molar-refractivity contribution < 1.29 is 42.2 Å². The number of benzene rings is 1. The molecular weight excluding hydrogens is 442 g/mol. The number of rotatable bonds is 5. The van der Waals surface area contributed by atoms with Crippen LogP contribution in [0.2, 0.25) is 0 Å². The van der Waals surface area contributed by atoms with Crippen molar-refractivity contribution in [3.05, 3.63) is 32.4 Å². The minimum Gasteiger partial charge on any atom is 0 e. The number of alkyl halides is 1. The SMILES string of the molecule is COC(=O)C(Cc1cc(C)c(C)cc1[IH]C)N(C)C.[Y]. The van der Waals surface area contributed by atoms with E-state index in [0.29, 0.717) is 0 Å². The summed E-state index contributed by atoms with van der Waals surface area (Å²) in [5.41, 5.74) is 3.93. The summed E-state index contributed by atoms with van der Waals surface area (Å²) in [5, 5.41) is 0. The number of likely N-dealkylation sites (N-methyl/N-ethyl adjacent to an activating group) is 1. The van der Waals surface area contributed by atoms with Crippen LogP contribution in [0.25, 0.3) is 0 Å². The van der Waals surface area contributed by atoms with E-state index >= 15 is 0 Å². The third kappa shape index (κ3) is 5.35. The summed E-state index contributed by atoms with van der Waals surface area (Å²) >= 11 is -0.165. The molecule has 1 rings (SSSR count). The summed E-state index contributed by atoms with van der Waals surface area (Å²) in [7, 11) is 5.30. The number of esters is 1. The van der Waals surface area contributed by atoms with Gasteiger partial charge in [-0.1, -0.05) is 0 Å². The Morgan fingerprint density at radius 3 is 2.30 bits per heavy atom. The normalized spacial score (nSPS) is 12.2. The third-order valence-electron chi connectivity index (χ3n) is 3.41. The first kappa shape index (κ1) is 20.5. The van der Waals surface area contributed by atoms with Gasteiger partial charge in [-0.25, -0.2) is 0 Å². The van der Waals surface area contributed by atoms with E-state index < -0.39 is 0 Å². The van der Waals surface area contributed by atoms with Gasteiger partial charge in [0.2, 0.25) is 0 Å². The largest absolute Gasteiger partial charge is 0 e. The van der Waals surface area contributed by atoms with Crippen molar-refractivity contribution in [2.24, 2.45) is 0 Å². The Labute approximate surface area is 158 Å². The maximum Gasteiger partial charge on any atom is 0 e. The number of ether oxygens (including phenoxy) is 1. The number of carbonyl (C=O) groups is 1. The second-order valence-electron chi connectivity index (χ2n) is 4.96. The summed E-state index contributed by atoms with van der Waals surface area (Å²) in [6.07, 6.45) is 0.731. The van der Waals surface area contributed by atoms with Gasteiger partial charge >= 0.3 is 126 Å². The molecule has 0 spiro atoms. The van der Waals surface area contributed by atoms with Gasteiger partial charge in [0.1, 0.15) is 0 Å². The van der Waals surface area contributed by atoms with Gasteiger partial charge in [0.25, 0.3) is 0 Å². The van der Waals surface area contributed by atoms with E-state index in [1.807, 2.05) is 19.0 Å². The van der Waals surface area contributed by atoms with Crippen LogP contribution in [0.5, 0.6) is 0 Å². The van der Waals surface area contributed by atoms with E-state index in [0.717, 1.165) is 6.42 Å². The van der Waals surface area contributed by atoms with Gasteiger partial charge in [-0.05, 0) is 0 Å². The van der Waals surface area contributed by atoms with Crippen molar-refractivity contribution in [3.63, 3.8) is 0 Å². The summed E-state index contributed by atoms with van der Waals surface area (Å²) in [6.45, 7) is 4.27. The molecule has 0 N–H and O–H groups in total. The van der Waals surface area contributed by atoms with Crippen LogP contribution < -0.4 is 0 Å². The van der Waals surface area contributed by atoms with Crippen LogP contribution in [-0.4, -0.2) is 43.0 Å². The topological polar surface area (TPSA) is 29.5 Å². The summed E-state index contributed by atoms with van der Waals surface area (Å²) in [6, 6.07) is 4.32. The molecule has 0 bridgehead atoms. The molecule has 1 radical (unpaired) electrons. The standard InChI is InChI=1S/C15H24INO2.Y/c1-10-7-12(13(16-3)8-11(10)2)9-14(17(4)5)15(18)19-6;/h7-8,14,16H,9H2,1-6H3;. The van der Waals surface area contributed by atoms with Crippen LogP contribution in [0.3, 0.4) is 0 Å². The molecule has 0 aliphatic rings. The minimum absolute atomic E-state index is 0. The molecule has 1 unspecified atom stereocenters. The molecular formula is C15H24INO2Y. The zero-order valence-corrected chi connectivity index (χ0v) is 18.4. The van der Waals surface area contributed by atoms with E-state index in [9.17, 15) is 4.79 Å². The van der Waals surface area contributed by atoms with Gasteiger partial charge in [-0.3, -0.25) is 0 Å². The average molecular weight is 466 g/mol. The first-order chi connectivity index (χ1) is 8.90. The molecule has 20 heavy (non-hydrogen) atoms. The predicted octanol–water partition coefficient (Wildman–Crippen LogP) is 2.45. The number of hydrogen-bond acceptors (Lipinski definition) is 3. The molecule has 0 aromatic heterocycles. The Kier molecular flexibility index (Phi) is 9.72. The fraction of sp³-hybridized carbons (Fsp3) is 0.533. The van der Waals surface area contributed by atoms with Crippen molar-refractivity contribution in [1.29, 1.82) is 0 Å². The minimum atomic E-state index is -0.204. The van der Waals surface area contributed by atoms with Gasteiger partial charge in [0, 0.05) is 32.7 Å². The van der Waals surface area contributed by atoms with Crippen LogP contribution in [0.15, 0.2) is 12.1 Å². The number of nitrogens with zero attached hydrogens (tertiary/aromatic N) is 1. The van der Waals surface area contributed by atoms with E-state index in [4.69, 9.17) is 4.74 Å². The van der Waals surface area contributed by atoms with Crippen LogP contribution in [-0.2, 0) is 48.7 Å². The summed E-state index contributed by atoms with van der Waals surface area (Å²) in [5.74, 6) is -0.161. The van der Waals surface area contributed by atoms with Gasteiger partial charge in [0.05, 0.1) is 0 Å². The van der Waals surface area contributed by atoms with Crippen molar-refractivity contribution in [2.75, 3.05) is 26.1 Å². The smallest absolute Gasteiger partial charge is 0 e. The number of halogens is 1. The fourth-order valence-electron chi connectivity index (χ4n) is 2.02. The molecule has 1 aromatic carbocycles. The summed E-state index contributed by atoms with van der Waals surface area (Å²) in [4.78, 5) is 16.1. The van der Waals surface area contributed by atoms with Crippen LogP contribution in [0.4, 0.5) is 0 Å². The molecule has 0 saturated carbocycles. The zero-order valence-electron chi connectivity index (χ0n) is 13.2. The van der Waals surface area contributed by atoms with Crippen LogP contribution in [0, 0.1) is 17.4 Å². The van der Waals surface area contributed by atoms with E-state index in [1.165, 1.54) is 27.4 Å². The van der Waals surface area contributed by atoms with Gasteiger partial charge in [0.15, 0.2) is 0 Å². The number of aryl methyl sites for hydroxylation is 2. The van der Waals surface area contributed by atoms with E-state index in [2.05, 4.69) is 30.9 Å². The van der Waals surface area contributed by atoms with Crippen molar-refractivity contribution >= 4 is 27.2 Å². The van der Waals surface area contributed by atoms with Gasteiger partial charge in [-0.15, -0.1) is 0 Å². The van der Waals surface area contributed by atoms with E-state index in [1.54, 1.807) is 0 Å². The third-order valence-corrected chi connectivity index (χ3v) is 5.75. The maximum absolute atomic E-state index is 11.9. The molecule has 0 amide bonds. The van der Waals surface area contributed by atoms with Crippen LogP contribution in [0.1, 0.15) is 16.7 Å². The zero-order chi connectivity index (χ0) is 14.6. The van der Waals surface area contributed by atoms with Crippen LogP contribution >= 0.6 is 21.2 Å². The molecule has 1 atom stereocenters. The van der Waals surface area contributed by atoms with Crippen molar-refractivity contribution in [3.8, 4) is 0 Å². The quantitative estimate of drug-likeness (QED) is 0.380. The number of hydrogen-bond donors (Lipinski definition) is 0. The molecule has 5 heteroatoms. The molecule has 0 heterocycles. The Bertz CT molecular complexity index is 463.